The lowest BCUT2D eigenvalue weighted by atomic mass is 10.2. The third kappa shape index (κ3) is 2.29. The normalized spacial score (nSPS) is 10.4. The van der Waals surface area contributed by atoms with Gasteiger partial charge < -0.3 is 4.57 Å². The van der Waals surface area contributed by atoms with Crippen molar-refractivity contribution in [1.29, 1.82) is 0 Å². The minimum absolute atomic E-state index is 0.562. The predicted molar refractivity (Wildman–Crippen MR) is 65.4 cm³/mol. The number of benzene rings is 1. The average molecular weight is 254 g/mol. The Morgan fingerprint density at radius 1 is 1.19 bits per heavy atom. The van der Waals surface area contributed by atoms with E-state index in [2.05, 4.69) is 0 Å². The Morgan fingerprint density at radius 2 is 1.88 bits per heavy atom. The first-order valence-electron chi connectivity index (χ1n) is 4.74. The summed E-state index contributed by atoms with van der Waals surface area (Å²) in [7, 11) is 0. The molecular formula is C12H9Cl2NO. The quantitative estimate of drug-likeness (QED) is 0.766. The van der Waals surface area contributed by atoms with Crippen molar-refractivity contribution in [2.24, 2.45) is 0 Å². The zero-order chi connectivity index (χ0) is 11.5. The van der Waals surface area contributed by atoms with Crippen LogP contribution in [0, 0.1) is 0 Å². The van der Waals surface area contributed by atoms with Crippen LogP contribution < -0.4 is 0 Å². The summed E-state index contributed by atoms with van der Waals surface area (Å²) in [5.74, 6) is 0. The molecule has 0 amide bonds. The molecule has 2 rings (SSSR count). The Kier molecular flexibility index (Phi) is 3.32. The van der Waals surface area contributed by atoms with Gasteiger partial charge in [-0.2, -0.15) is 0 Å². The van der Waals surface area contributed by atoms with Crippen molar-refractivity contribution >= 4 is 29.5 Å². The van der Waals surface area contributed by atoms with Crippen LogP contribution >= 0.6 is 23.2 Å². The van der Waals surface area contributed by atoms with Gasteiger partial charge in [0, 0.05) is 40.1 Å². The monoisotopic (exact) mass is 253 g/mol. The van der Waals surface area contributed by atoms with Crippen molar-refractivity contribution in [3.05, 3.63) is 57.8 Å². The summed E-state index contributed by atoms with van der Waals surface area (Å²) in [5, 5.41) is 1.27. The molecule has 1 aromatic carbocycles. The van der Waals surface area contributed by atoms with Gasteiger partial charge in [-0.1, -0.05) is 29.3 Å². The number of nitrogens with zero attached hydrogens (tertiary/aromatic N) is 1. The highest BCUT2D eigenvalue weighted by Crippen LogP contribution is 2.25. The molecule has 0 radical (unpaired) electrons. The van der Waals surface area contributed by atoms with Gasteiger partial charge >= 0.3 is 0 Å². The van der Waals surface area contributed by atoms with E-state index < -0.39 is 0 Å². The van der Waals surface area contributed by atoms with Gasteiger partial charge in [0.05, 0.1) is 0 Å². The molecule has 2 nitrogen and oxygen atoms in total. The van der Waals surface area contributed by atoms with E-state index in [9.17, 15) is 4.79 Å². The first kappa shape index (κ1) is 11.2. The lowest BCUT2D eigenvalue weighted by Gasteiger charge is -2.07. The fourth-order valence-corrected chi connectivity index (χ4v) is 2.01. The number of carbonyl (C=O) groups excluding carboxylic acids is 1. The van der Waals surface area contributed by atoms with Gasteiger partial charge in [0.2, 0.25) is 0 Å². The molecule has 0 aliphatic heterocycles. The molecule has 4 heteroatoms. The fourth-order valence-electron chi connectivity index (χ4n) is 1.49. The number of aldehydes is 1. The van der Waals surface area contributed by atoms with Crippen molar-refractivity contribution in [1.82, 2.24) is 4.57 Å². The van der Waals surface area contributed by atoms with E-state index in [0.717, 1.165) is 11.8 Å². The molecule has 82 valence electrons. The molecular weight excluding hydrogens is 245 g/mol. The molecule has 1 aromatic heterocycles. The molecule has 0 fully saturated rings. The summed E-state index contributed by atoms with van der Waals surface area (Å²) in [6.07, 6.45) is 4.39. The number of rotatable bonds is 3. The van der Waals surface area contributed by atoms with Gasteiger partial charge in [-0.3, -0.25) is 4.79 Å². The zero-order valence-corrected chi connectivity index (χ0v) is 9.87. The van der Waals surface area contributed by atoms with Crippen molar-refractivity contribution in [2.45, 2.75) is 6.54 Å². The van der Waals surface area contributed by atoms with Gasteiger partial charge in [-0.05, 0) is 18.2 Å². The second kappa shape index (κ2) is 4.73. The number of hydrogen-bond acceptors (Lipinski definition) is 1. The molecule has 0 saturated carbocycles. The third-order valence-corrected chi connectivity index (χ3v) is 3.02. The minimum Gasteiger partial charge on any atom is -0.349 e. The van der Waals surface area contributed by atoms with Crippen LogP contribution in [0.25, 0.3) is 0 Å². The Bertz CT molecular complexity index is 499. The van der Waals surface area contributed by atoms with E-state index in [0.29, 0.717) is 22.2 Å². The highest BCUT2D eigenvalue weighted by molar-refractivity contribution is 6.35. The molecule has 0 atom stereocenters. The van der Waals surface area contributed by atoms with E-state index in [4.69, 9.17) is 23.2 Å². The average Bonchev–Trinajstić information content (AvgIpc) is 2.71. The molecule has 0 aliphatic rings. The topological polar surface area (TPSA) is 22.0 Å². The maximum atomic E-state index is 10.5. The Balaban J connectivity index is 2.29. The minimum atomic E-state index is 0.562. The first-order chi connectivity index (χ1) is 7.70. The second-order valence-electron chi connectivity index (χ2n) is 3.44. The lowest BCUT2D eigenvalue weighted by Crippen LogP contribution is -1.98. The number of halogens is 2. The summed E-state index contributed by atoms with van der Waals surface area (Å²) in [6, 6.07) is 7.15. The van der Waals surface area contributed by atoms with Crippen LogP contribution in [0.1, 0.15) is 15.9 Å². The summed E-state index contributed by atoms with van der Waals surface area (Å²) in [6.45, 7) is 0.562. The predicted octanol–water partition coefficient (Wildman–Crippen LogP) is 3.66. The third-order valence-electron chi connectivity index (χ3n) is 2.31. The van der Waals surface area contributed by atoms with Crippen LogP contribution in [-0.4, -0.2) is 10.9 Å². The number of aromatic nitrogens is 1. The lowest BCUT2D eigenvalue weighted by molar-refractivity contribution is 0.112. The standard InChI is InChI=1S/C12H9Cl2NO/c13-11-2-1-3-12(14)10(11)7-15-5-4-9(6-15)8-16/h1-6,8H,7H2. The van der Waals surface area contributed by atoms with Gasteiger partial charge in [-0.15, -0.1) is 0 Å². The van der Waals surface area contributed by atoms with E-state index in [1.165, 1.54) is 0 Å². The smallest absolute Gasteiger partial charge is 0.151 e. The van der Waals surface area contributed by atoms with Crippen LogP contribution in [0.15, 0.2) is 36.7 Å². The summed E-state index contributed by atoms with van der Waals surface area (Å²) in [5.41, 5.74) is 1.50. The maximum Gasteiger partial charge on any atom is 0.151 e. The van der Waals surface area contributed by atoms with Crippen molar-refractivity contribution in [3.8, 4) is 0 Å². The summed E-state index contributed by atoms with van der Waals surface area (Å²) < 4.78 is 1.87. The Morgan fingerprint density at radius 3 is 2.44 bits per heavy atom. The molecule has 0 bridgehead atoms. The van der Waals surface area contributed by atoms with E-state index >= 15 is 0 Å². The van der Waals surface area contributed by atoms with Gasteiger partial charge in [0.1, 0.15) is 0 Å². The van der Waals surface area contributed by atoms with Crippen molar-refractivity contribution in [3.63, 3.8) is 0 Å². The number of carbonyl (C=O) groups is 1. The van der Waals surface area contributed by atoms with Gasteiger partial charge in [0.15, 0.2) is 6.29 Å². The van der Waals surface area contributed by atoms with Crippen LogP contribution in [0.2, 0.25) is 10.0 Å². The molecule has 0 spiro atoms. The molecule has 0 aliphatic carbocycles. The van der Waals surface area contributed by atoms with Crippen molar-refractivity contribution in [2.75, 3.05) is 0 Å². The Labute approximate surface area is 103 Å². The van der Waals surface area contributed by atoms with Crippen LogP contribution in [0.4, 0.5) is 0 Å². The summed E-state index contributed by atoms with van der Waals surface area (Å²) >= 11 is 12.1. The molecule has 2 aromatic rings. The largest absolute Gasteiger partial charge is 0.349 e. The highest BCUT2D eigenvalue weighted by atomic mass is 35.5. The zero-order valence-electron chi connectivity index (χ0n) is 8.36. The first-order valence-corrected chi connectivity index (χ1v) is 5.50. The SMILES string of the molecule is O=Cc1ccn(Cc2c(Cl)cccc2Cl)c1. The van der Waals surface area contributed by atoms with Crippen LogP contribution in [0.3, 0.4) is 0 Å². The number of hydrogen-bond donors (Lipinski definition) is 0. The molecule has 0 N–H and O–H groups in total. The van der Waals surface area contributed by atoms with E-state index in [-0.39, 0.29) is 0 Å². The maximum absolute atomic E-state index is 10.5. The van der Waals surface area contributed by atoms with E-state index in [1.54, 1.807) is 30.5 Å². The van der Waals surface area contributed by atoms with Crippen molar-refractivity contribution < 1.29 is 4.79 Å². The molecule has 16 heavy (non-hydrogen) atoms. The second-order valence-corrected chi connectivity index (χ2v) is 4.25. The van der Waals surface area contributed by atoms with E-state index in [1.807, 2.05) is 10.8 Å². The van der Waals surface area contributed by atoms with Crippen LogP contribution in [0.5, 0.6) is 0 Å². The summed E-state index contributed by atoms with van der Waals surface area (Å²) in [4.78, 5) is 10.5. The molecule has 0 unspecified atom stereocenters. The molecule has 0 saturated heterocycles. The van der Waals surface area contributed by atoms with Gasteiger partial charge in [0.25, 0.3) is 0 Å². The molecule has 1 heterocycles. The van der Waals surface area contributed by atoms with Gasteiger partial charge in [-0.25, -0.2) is 0 Å². The Hall–Kier alpha value is -1.25. The fraction of sp³-hybridized carbons (Fsp3) is 0.0833. The highest BCUT2D eigenvalue weighted by Gasteiger charge is 2.06. The van der Waals surface area contributed by atoms with Crippen LogP contribution in [-0.2, 0) is 6.54 Å².